The fraction of sp³-hybridized carbons (Fsp3) is 0.333. The van der Waals surface area contributed by atoms with Gasteiger partial charge in [0, 0.05) is 7.05 Å². The normalized spacial score (nSPS) is 9.62. The Morgan fingerprint density at radius 1 is 1.77 bits per heavy atom. The average molecular weight is 200 g/mol. The molecule has 0 bridgehead atoms. The number of amides is 1. The summed E-state index contributed by atoms with van der Waals surface area (Å²) in [5.41, 5.74) is -0.325. The van der Waals surface area contributed by atoms with Gasteiger partial charge in [0.1, 0.15) is 6.20 Å². The van der Waals surface area contributed by atoms with E-state index in [4.69, 9.17) is 0 Å². The number of aromatic amines is 1. The molecule has 0 radical (unpaired) electrons. The van der Waals surface area contributed by atoms with Gasteiger partial charge in [-0.15, -0.1) is 5.10 Å². The maximum Gasteiger partial charge on any atom is 0.270 e. The van der Waals surface area contributed by atoms with Gasteiger partial charge in [-0.25, -0.2) is 0 Å². The molecule has 0 aliphatic heterocycles. The lowest BCUT2D eigenvalue weighted by Crippen LogP contribution is -2.20. The molecule has 0 aromatic carbocycles. The summed E-state index contributed by atoms with van der Waals surface area (Å²) in [4.78, 5) is 24.0. The molecule has 0 aliphatic rings. The molecular weight excluding hydrogens is 192 g/mol. The molecule has 1 aromatic heterocycles. The summed E-state index contributed by atoms with van der Waals surface area (Å²) in [6.45, 7) is 0. The maximum atomic E-state index is 10.8. The van der Waals surface area contributed by atoms with Crippen molar-refractivity contribution in [2.75, 3.05) is 12.8 Å². The molecule has 1 aromatic rings. The van der Waals surface area contributed by atoms with Crippen LogP contribution in [0.2, 0.25) is 0 Å². The SMILES string of the molecule is CNC(=O)CSc1nncc(=O)[nH]1. The molecule has 0 spiro atoms. The van der Waals surface area contributed by atoms with E-state index in [1.807, 2.05) is 0 Å². The lowest BCUT2D eigenvalue weighted by molar-refractivity contribution is -0.118. The van der Waals surface area contributed by atoms with Gasteiger partial charge in [-0.2, -0.15) is 5.10 Å². The summed E-state index contributed by atoms with van der Waals surface area (Å²) in [7, 11) is 1.54. The number of nitrogens with one attached hydrogen (secondary N) is 2. The second-order valence-corrected chi connectivity index (χ2v) is 3.06. The van der Waals surface area contributed by atoms with E-state index >= 15 is 0 Å². The zero-order valence-electron chi connectivity index (χ0n) is 6.90. The monoisotopic (exact) mass is 200 g/mol. The fourth-order valence-corrected chi connectivity index (χ4v) is 1.26. The first-order valence-electron chi connectivity index (χ1n) is 3.48. The molecule has 2 N–H and O–H groups in total. The van der Waals surface area contributed by atoms with Gasteiger partial charge >= 0.3 is 0 Å². The third-order valence-corrected chi connectivity index (χ3v) is 2.04. The fourth-order valence-electron chi connectivity index (χ4n) is 0.567. The summed E-state index contributed by atoms with van der Waals surface area (Å²) >= 11 is 1.13. The zero-order chi connectivity index (χ0) is 9.68. The second kappa shape index (κ2) is 4.61. The molecule has 70 valence electrons. The summed E-state index contributed by atoms with van der Waals surface area (Å²) < 4.78 is 0. The largest absolute Gasteiger partial charge is 0.358 e. The average Bonchev–Trinajstić information content (AvgIpc) is 2.14. The Morgan fingerprint density at radius 3 is 3.15 bits per heavy atom. The van der Waals surface area contributed by atoms with E-state index < -0.39 is 0 Å². The molecule has 6 nitrogen and oxygen atoms in total. The molecule has 0 atom stereocenters. The Balaban J connectivity index is 2.55. The van der Waals surface area contributed by atoms with Crippen LogP contribution in [0.5, 0.6) is 0 Å². The van der Waals surface area contributed by atoms with Gasteiger partial charge < -0.3 is 5.32 Å². The Hall–Kier alpha value is -1.37. The molecule has 0 saturated heterocycles. The van der Waals surface area contributed by atoms with Crippen molar-refractivity contribution in [3.05, 3.63) is 16.6 Å². The summed E-state index contributed by atoms with van der Waals surface area (Å²) in [6, 6.07) is 0. The number of hydrogen-bond donors (Lipinski definition) is 2. The topological polar surface area (TPSA) is 87.7 Å². The van der Waals surface area contributed by atoms with Crippen LogP contribution in [0.3, 0.4) is 0 Å². The highest BCUT2D eigenvalue weighted by molar-refractivity contribution is 7.99. The highest BCUT2D eigenvalue weighted by Gasteiger charge is 2.01. The van der Waals surface area contributed by atoms with E-state index in [1.54, 1.807) is 7.05 Å². The molecular formula is C6H8N4O2S. The van der Waals surface area contributed by atoms with Crippen LogP contribution in [0.1, 0.15) is 0 Å². The highest BCUT2D eigenvalue weighted by Crippen LogP contribution is 2.07. The van der Waals surface area contributed by atoms with Gasteiger partial charge in [0.2, 0.25) is 5.91 Å². The predicted molar refractivity (Wildman–Crippen MR) is 47.4 cm³/mol. The van der Waals surface area contributed by atoms with E-state index in [9.17, 15) is 9.59 Å². The van der Waals surface area contributed by atoms with Crippen LogP contribution in [0, 0.1) is 0 Å². The Kier molecular flexibility index (Phi) is 3.44. The van der Waals surface area contributed by atoms with Gasteiger partial charge in [0.15, 0.2) is 5.16 Å². The first-order chi connectivity index (χ1) is 6.22. The molecule has 0 unspecified atom stereocenters. The molecule has 0 saturated carbocycles. The molecule has 1 rings (SSSR count). The number of nitrogens with zero attached hydrogens (tertiary/aromatic N) is 2. The van der Waals surface area contributed by atoms with Crippen LogP contribution in [-0.4, -0.2) is 33.9 Å². The predicted octanol–water partition coefficient (Wildman–Crippen LogP) is -0.997. The van der Waals surface area contributed by atoms with Crippen molar-refractivity contribution in [2.24, 2.45) is 0 Å². The van der Waals surface area contributed by atoms with Crippen molar-refractivity contribution in [3.63, 3.8) is 0 Å². The minimum absolute atomic E-state index is 0.128. The molecule has 7 heteroatoms. The van der Waals surface area contributed by atoms with Crippen molar-refractivity contribution >= 4 is 17.7 Å². The number of carbonyl (C=O) groups excluding carboxylic acids is 1. The molecule has 0 fully saturated rings. The number of rotatable bonds is 3. The number of thioether (sulfide) groups is 1. The number of H-pyrrole nitrogens is 1. The van der Waals surface area contributed by atoms with Crippen molar-refractivity contribution in [1.82, 2.24) is 20.5 Å². The maximum absolute atomic E-state index is 10.8. The molecule has 0 aliphatic carbocycles. The van der Waals surface area contributed by atoms with Crippen molar-refractivity contribution in [3.8, 4) is 0 Å². The Morgan fingerprint density at radius 2 is 2.54 bits per heavy atom. The van der Waals surface area contributed by atoms with Gasteiger partial charge in [-0.3, -0.25) is 14.6 Å². The summed E-state index contributed by atoms with van der Waals surface area (Å²) in [5.74, 6) is 0.0852. The van der Waals surface area contributed by atoms with Crippen molar-refractivity contribution in [1.29, 1.82) is 0 Å². The number of hydrogen-bond acceptors (Lipinski definition) is 5. The van der Waals surface area contributed by atoms with E-state index in [1.165, 1.54) is 0 Å². The van der Waals surface area contributed by atoms with Crippen LogP contribution in [-0.2, 0) is 4.79 Å². The highest BCUT2D eigenvalue weighted by atomic mass is 32.2. The van der Waals surface area contributed by atoms with Crippen molar-refractivity contribution < 1.29 is 4.79 Å². The molecule has 1 heterocycles. The van der Waals surface area contributed by atoms with Gasteiger partial charge in [0.25, 0.3) is 5.56 Å². The van der Waals surface area contributed by atoms with Crippen LogP contribution in [0.25, 0.3) is 0 Å². The van der Waals surface area contributed by atoms with Crippen LogP contribution in [0.15, 0.2) is 16.1 Å². The summed E-state index contributed by atoms with van der Waals surface area (Å²) in [6.07, 6.45) is 1.07. The quantitative estimate of drug-likeness (QED) is 0.611. The smallest absolute Gasteiger partial charge is 0.270 e. The van der Waals surface area contributed by atoms with E-state index in [-0.39, 0.29) is 17.2 Å². The van der Waals surface area contributed by atoms with Crippen LogP contribution in [0.4, 0.5) is 0 Å². The minimum atomic E-state index is -0.325. The van der Waals surface area contributed by atoms with Crippen molar-refractivity contribution in [2.45, 2.75) is 5.16 Å². The standard InChI is InChI=1S/C6H8N4O2S/c1-7-5(12)3-13-6-9-4(11)2-8-10-6/h2H,3H2,1H3,(H,7,12)(H,9,10,11). The number of carbonyl (C=O) groups is 1. The van der Waals surface area contributed by atoms with E-state index in [2.05, 4.69) is 20.5 Å². The summed E-state index contributed by atoms with van der Waals surface area (Å²) in [5, 5.41) is 9.86. The lowest BCUT2D eigenvalue weighted by Gasteiger charge is -1.97. The van der Waals surface area contributed by atoms with Crippen LogP contribution >= 0.6 is 11.8 Å². The van der Waals surface area contributed by atoms with Gasteiger partial charge in [-0.05, 0) is 0 Å². The van der Waals surface area contributed by atoms with Gasteiger partial charge in [0.05, 0.1) is 5.75 Å². The molecule has 1 amide bonds. The lowest BCUT2D eigenvalue weighted by atomic mass is 10.7. The first kappa shape index (κ1) is 9.72. The molecule has 13 heavy (non-hydrogen) atoms. The second-order valence-electron chi connectivity index (χ2n) is 2.10. The van der Waals surface area contributed by atoms with E-state index in [0.29, 0.717) is 5.16 Å². The Bertz CT molecular complexity index is 350. The van der Waals surface area contributed by atoms with Gasteiger partial charge in [-0.1, -0.05) is 11.8 Å². The van der Waals surface area contributed by atoms with Crippen LogP contribution < -0.4 is 10.9 Å². The number of aromatic nitrogens is 3. The first-order valence-corrected chi connectivity index (χ1v) is 4.46. The Labute approximate surface area is 78.1 Å². The third-order valence-electron chi connectivity index (χ3n) is 1.17. The third kappa shape index (κ3) is 3.24. The zero-order valence-corrected chi connectivity index (χ0v) is 7.72. The minimum Gasteiger partial charge on any atom is -0.358 e. The van der Waals surface area contributed by atoms with E-state index in [0.717, 1.165) is 18.0 Å².